The lowest BCUT2D eigenvalue weighted by atomic mass is 9.73. The van der Waals surface area contributed by atoms with Crippen molar-refractivity contribution < 1.29 is 14.5 Å². The second-order valence-electron chi connectivity index (χ2n) is 11.4. The van der Waals surface area contributed by atoms with Gasteiger partial charge in [-0.25, -0.2) is 4.79 Å². The average Bonchev–Trinajstić information content (AvgIpc) is 3.30. The highest BCUT2D eigenvalue weighted by molar-refractivity contribution is 6.09. The minimum Gasteiger partial charge on any atom is -0.478 e. The van der Waals surface area contributed by atoms with Gasteiger partial charge in [0, 0.05) is 35.3 Å². The molecule has 2 aliphatic heterocycles. The van der Waals surface area contributed by atoms with Gasteiger partial charge in [0.05, 0.1) is 16.7 Å². The smallest absolute Gasteiger partial charge is 0.335 e. The SMILES string of the molecule is C[N+]1=C(/C=C/CC2=Nc3ccc(C(=O)O)cc3C2(C)C)C(C)(Cc2ccccc2)c2c1ccc1ccccc21. The van der Waals surface area contributed by atoms with Crippen LogP contribution >= 0.6 is 0 Å². The number of allylic oxidation sites excluding steroid dienone is 2. The summed E-state index contributed by atoms with van der Waals surface area (Å²) in [6.45, 7) is 6.63. The number of fused-ring (bicyclic) bond motifs is 4. The van der Waals surface area contributed by atoms with Crippen molar-refractivity contribution in [2.45, 2.75) is 44.4 Å². The highest BCUT2D eigenvalue weighted by atomic mass is 16.4. The molecule has 0 saturated carbocycles. The summed E-state index contributed by atoms with van der Waals surface area (Å²) in [5.74, 6) is -0.910. The average molecular weight is 514 g/mol. The van der Waals surface area contributed by atoms with Crippen LogP contribution in [0.25, 0.3) is 10.8 Å². The van der Waals surface area contributed by atoms with Crippen molar-refractivity contribution in [3.8, 4) is 0 Å². The topological polar surface area (TPSA) is 52.7 Å². The highest BCUT2D eigenvalue weighted by Crippen LogP contribution is 2.46. The first-order chi connectivity index (χ1) is 18.7. The van der Waals surface area contributed by atoms with Gasteiger partial charge in [-0.3, -0.25) is 4.99 Å². The number of nitrogens with zero attached hydrogens (tertiary/aromatic N) is 2. The zero-order chi connectivity index (χ0) is 27.4. The number of carboxylic acids is 1. The van der Waals surface area contributed by atoms with Gasteiger partial charge >= 0.3 is 5.97 Å². The quantitative estimate of drug-likeness (QED) is 0.268. The molecule has 1 atom stereocenters. The van der Waals surface area contributed by atoms with Crippen molar-refractivity contribution in [2.24, 2.45) is 4.99 Å². The van der Waals surface area contributed by atoms with Crippen molar-refractivity contribution in [1.29, 1.82) is 0 Å². The van der Waals surface area contributed by atoms with Crippen LogP contribution in [-0.2, 0) is 17.3 Å². The van der Waals surface area contributed by atoms with E-state index in [9.17, 15) is 9.90 Å². The Morgan fingerprint density at radius 1 is 0.949 bits per heavy atom. The molecule has 0 fully saturated rings. The van der Waals surface area contributed by atoms with E-state index in [-0.39, 0.29) is 10.8 Å². The Balaban J connectivity index is 1.38. The number of rotatable bonds is 6. The fourth-order valence-corrected chi connectivity index (χ4v) is 6.52. The Morgan fingerprint density at radius 3 is 2.46 bits per heavy atom. The first-order valence-corrected chi connectivity index (χ1v) is 13.5. The summed E-state index contributed by atoms with van der Waals surface area (Å²) in [7, 11) is 2.17. The molecule has 4 nitrogen and oxygen atoms in total. The fourth-order valence-electron chi connectivity index (χ4n) is 6.52. The zero-order valence-corrected chi connectivity index (χ0v) is 22.9. The third kappa shape index (κ3) is 4.02. The van der Waals surface area contributed by atoms with E-state index in [4.69, 9.17) is 4.99 Å². The summed E-state index contributed by atoms with van der Waals surface area (Å²) in [5.41, 5.74) is 7.85. The molecule has 0 aromatic heterocycles. The molecule has 0 aliphatic carbocycles. The summed E-state index contributed by atoms with van der Waals surface area (Å²) in [6.07, 6.45) is 6.10. The second kappa shape index (κ2) is 9.16. The van der Waals surface area contributed by atoms with Gasteiger partial charge in [0.15, 0.2) is 5.71 Å². The van der Waals surface area contributed by atoms with Crippen LogP contribution in [0.2, 0.25) is 0 Å². The predicted molar refractivity (Wildman–Crippen MR) is 160 cm³/mol. The van der Waals surface area contributed by atoms with E-state index in [1.54, 1.807) is 12.1 Å². The van der Waals surface area contributed by atoms with Crippen molar-refractivity contribution >= 4 is 39.5 Å². The molecule has 39 heavy (non-hydrogen) atoms. The number of carboxylic acid groups (broad SMARTS) is 1. The molecule has 1 unspecified atom stereocenters. The third-order valence-electron chi connectivity index (χ3n) is 8.63. The van der Waals surface area contributed by atoms with Gasteiger partial charge in [-0.2, -0.15) is 4.58 Å². The number of aliphatic imine (C=N–C) groups is 1. The first kappa shape index (κ1) is 25.0. The summed E-state index contributed by atoms with van der Waals surface area (Å²) in [4.78, 5) is 16.5. The number of benzene rings is 4. The summed E-state index contributed by atoms with van der Waals surface area (Å²) in [5, 5.41) is 12.0. The fraction of sp³-hybridized carbons (Fsp3) is 0.229. The number of carbonyl (C=O) groups is 1. The van der Waals surface area contributed by atoms with Crippen molar-refractivity contribution in [1.82, 2.24) is 0 Å². The van der Waals surface area contributed by atoms with Crippen molar-refractivity contribution in [3.05, 3.63) is 119 Å². The molecule has 194 valence electrons. The normalized spacial score (nSPS) is 19.4. The molecule has 4 aromatic carbocycles. The van der Waals surface area contributed by atoms with Crippen LogP contribution in [0.3, 0.4) is 0 Å². The second-order valence-corrected chi connectivity index (χ2v) is 11.4. The van der Waals surface area contributed by atoms with Crippen LogP contribution in [0, 0.1) is 0 Å². The first-order valence-electron chi connectivity index (χ1n) is 13.5. The van der Waals surface area contributed by atoms with Crippen LogP contribution in [-0.4, -0.2) is 34.1 Å². The van der Waals surface area contributed by atoms with Gasteiger partial charge < -0.3 is 5.11 Å². The van der Waals surface area contributed by atoms with E-state index in [2.05, 4.69) is 111 Å². The zero-order valence-electron chi connectivity index (χ0n) is 22.9. The maximum absolute atomic E-state index is 11.6. The van der Waals surface area contributed by atoms with Gasteiger partial charge in [-0.05, 0) is 59.5 Å². The summed E-state index contributed by atoms with van der Waals surface area (Å²) in [6, 6.07) is 29.1. The van der Waals surface area contributed by atoms with E-state index in [1.165, 1.54) is 33.3 Å². The summed E-state index contributed by atoms with van der Waals surface area (Å²) < 4.78 is 2.34. The van der Waals surface area contributed by atoms with Crippen molar-refractivity contribution in [2.75, 3.05) is 7.05 Å². The monoisotopic (exact) mass is 513 g/mol. The largest absolute Gasteiger partial charge is 0.478 e. The van der Waals surface area contributed by atoms with Crippen LogP contribution in [0.1, 0.15) is 54.2 Å². The molecule has 4 aromatic rings. The van der Waals surface area contributed by atoms with Crippen LogP contribution < -0.4 is 0 Å². The molecule has 6 rings (SSSR count). The number of hydrogen-bond acceptors (Lipinski definition) is 2. The Labute approximate surface area is 229 Å². The molecule has 0 spiro atoms. The van der Waals surface area contributed by atoms with E-state index in [0.717, 1.165) is 23.4 Å². The van der Waals surface area contributed by atoms with Gasteiger partial charge in [-0.15, -0.1) is 0 Å². The van der Waals surface area contributed by atoms with E-state index in [0.29, 0.717) is 12.0 Å². The Kier molecular flexibility index (Phi) is 5.87. The Hall–Kier alpha value is -4.31. The minimum absolute atomic E-state index is 0.213. The van der Waals surface area contributed by atoms with E-state index >= 15 is 0 Å². The maximum Gasteiger partial charge on any atom is 0.335 e. The molecule has 2 aliphatic rings. The maximum atomic E-state index is 11.6. The van der Waals surface area contributed by atoms with Crippen molar-refractivity contribution in [3.63, 3.8) is 0 Å². The molecule has 1 N–H and O–H groups in total. The Bertz CT molecular complexity index is 1730. The van der Waals surface area contributed by atoms with E-state index in [1.807, 2.05) is 6.07 Å². The molecule has 0 radical (unpaired) electrons. The predicted octanol–water partition coefficient (Wildman–Crippen LogP) is 7.78. The van der Waals surface area contributed by atoms with Gasteiger partial charge in [-0.1, -0.05) is 74.5 Å². The molecular formula is C35H33N2O2+. The van der Waals surface area contributed by atoms with Crippen LogP contribution in [0.5, 0.6) is 0 Å². The number of hydrogen-bond donors (Lipinski definition) is 1. The summed E-state index contributed by atoms with van der Waals surface area (Å²) >= 11 is 0. The lowest BCUT2D eigenvalue weighted by Gasteiger charge is -2.24. The molecule has 4 heteroatoms. The van der Waals surface area contributed by atoms with Gasteiger partial charge in [0.25, 0.3) is 0 Å². The third-order valence-corrected chi connectivity index (χ3v) is 8.63. The lowest BCUT2D eigenvalue weighted by molar-refractivity contribution is -0.401. The Morgan fingerprint density at radius 2 is 1.69 bits per heavy atom. The molecule has 2 heterocycles. The lowest BCUT2D eigenvalue weighted by Crippen LogP contribution is -2.33. The number of aromatic carboxylic acids is 1. The standard InChI is InChI=1S/C35H32N2O2/c1-34(2)27-21-25(33(38)39)17-19-28(27)36-30(34)15-10-16-31-35(3,22-23-11-6-5-7-12-23)32-26-14-9-8-13-24(26)18-20-29(32)37(31)4/h5-14,16-21H,15,22H2,1-4H3/p+1/b16-10+. The molecular weight excluding hydrogens is 480 g/mol. The highest BCUT2D eigenvalue weighted by Gasteiger charge is 2.47. The van der Waals surface area contributed by atoms with Gasteiger partial charge in [0.1, 0.15) is 7.05 Å². The van der Waals surface area contributed by atoms with E-state index < -0.39 is 5.97 Å². The van der Waals surface area contributed by atoms with Gasteiger partial charge in [0.2, 0.25) is 5.69 Å². The van der Waals surface area contributed by atoms with Crippen LogP contribution in [0.4, 0.5) is 11.4 Å². The minimum atomic E-state index is -0.910. The molecule has 0 amide bonds. The molecule has 0 bridgehead atoms. The molecule has 0 saturated heterocycles. The van der Waals surface area contributed by atoms with Crippen LogP contribution in [0.15, 0.2) is 102 Å².